The van der Waals surface area contributed by atoms with E-state index in [1.165, 1.54) is 0 Å². The fourth-order valence-electron chi connectivity index (χ4n) is 2.44. The number of aromatic nitrogens is 2. The minimum absolute atomic E-state index is 0.399. The van der Waals surface area contributed by atoms with E-state index in [4.69, 9.17) is 4.74 Å². The van der Waals surface area contributed by atoms with Gasteiger partial charge in [-0.25, -0.2) is 4.98 Å². The third-order valence-electron chi connectivity index (χ3n) is 3.50. The summed E-state index contributed by atoms with van der Waals surface area (Å²) in [4.78, 5) is 12.6. The molecular formula is C13H18N4OS. The maximum Gasteiger partial charge on any atom is 0.225 e. The third-order valence-corrected chi connectivity index (χ3v) is 4.31. The number of morpholine rings is 1. The van der Waals surface area contributed by atoms with Crippen LogP contribution in [0, 0.1) is 0 Å². The molecule has 1 N–H and O–H groups in total. The zero-order valence-electron chi connectivity index (χ0n) is 11.2. The Morgan fingerprint density at radius 1 is 1.53 bits per heavy atom. The summed E-state index contributed by atoms with van der Waals surface area (Å²) in [6, 6.07) is 2.51. The van der Waals surface area contributed by atoms with Gasteiger partial charge in [-0.2, -0.15) is 4.98 Å². The molecule has 5 nitrogen and oxygen atoms in total. The summed E-state index contributed by atoms with van der Waals surface area (Å²) in [6.45, 7) is 4.63. The summed E-state index contributed by atoms with van der Waals surface area (Å²) in [5.74, 6) is 1.72. The van der Waals surface area contributed by atoms with Gasteiger partial charge in [-0.3, -0.25) is 0 Å². The zero-order valence-corrected chi connectivity index (χ0v) is 12.0. The van der Waals surface area contributed by atoms with Crippen LogP contribution in [0.25, 0.3) is 10.2 Å². The minimum atomic E-state index is 0.399. The molecule has 1 saturated heterocycles. The Labute approximate surface area is 116 Å². The van der Waals surface area contributed by atoms with Crippen molar-refractivity contribution in [2.75, 3.05) is 37.0 Å². The number of thiophene rings is 1. The van der Waals surface area contributed by atoms with E-state index in [9.17, 15) is 0 Å². The molecule has 1 unspecified atom stereocenters. The lowest BCUT2D eigenvalue weighted by Crippen LogP contribution is -2.45. The van der Waals surface area contributed by atoms with Crippen molar-refractivity contribution in [1.29, 1.82) is 0 Å². The first-order chi connectivity index (χ1) is 9.33. The van der Waals surface area contributed by atoms with Crippen LogP contribution in [0.4, 0.5) is 11.8 Å². The largest absolute Gasteiger partial charge is 0.377 e. The van der Waals surface area contributed by atoms with Gasteiger partial charge >= 0.3 is 0 Å². The van der Waals surface area contributed by atoms with Gasteiger partial charge in [0.25, 0.3) is 0 Å². The molecule has 0 aliphatic carbocycles. The van der Waals surface area contributed by atoms with Crippen molar-refractivity contribution in [3.05, 3.63) is 11.4 Å². The molecule has 1 fully saturated rings. The average Bonchev–Trinajstić information content (AvgIpc) is 2.94. The highest BCUT2D eigenvalue weighted by Crippen LogP contribution is 2.31. The highest BCUT2D eigenvalue weighted by atomic mass is 32.1. The van der Waals surface area contributed by atoms with Gasteiger partial charge in [-0.1, -0.05) is 6.92 Å². The van der Waals surface area contributed by atoms with Gasteiger partial charge in [0.05, 0.1) is 24.6 Å². The number of hydrogen-bond donors (Lipinski definition) is 1. The monoisotopic (exact) mass is 278 g/mol. The standard InChI is InChI=1S/C13H18N4OS/c1-3-9-8-18-6-5-17(9)11-10-4-7-19-12(10)16-13(14-2)15-11/h4,7,9H,3,5-6,8H2,1-2H3,(H,14,15,16). The Morgan fingerprint density at radius 2 is 2.42 bits per heavy atom. The van der Waals surface area contributed by atoms with Crippen LogP contribution in [-0.4, -0.2) is 42.8 Å². The van der Waals surface area contributed by atoms with Gasteiger partial charge in [-0.15, -0.1) is 11.3 Å². The molecule has 0 radical (unpaired) electrons. The summed E-state index contributed by atoms with van der Waals surface area (Å²) < 4.78 is 5.58. The first-order valence-electron chi connectivity index (χ1n) is 6.61. The van der Waals surface area contributed by atoms with Gasteiger partial charge in [-0.05, 0) is 17.9 Å². The Kier molecular flexibility index (Phi) is 3.52. The zero-order chi connectivity index (χ0) is 13.2. The van der Waals surface area contributed by atoms with E-state index in [0.717, 1.165) is 42.2 Å². The molecule has 0 saturated carbocycles. The molecule has 102 valence electrons. The fourth-order valence-corrected chi connectivity index (χ4v) is 3.20. The van der Waals surface area contributed by atoms with Crippen molar-refractivity contribution in [2.24, 2.45) is 0 Å². The van der Waals surface area contributed by atoms with E-state index in [-0.39, 0.29) is 0 Å². The topological polar surface area (TPSA) is 50.3 Å². The number of anilines is 2. The van der Waals surface area contributed by atoms with Crippen molar-refractivity contribution >= 4 is 33.3 Å². The maximum atomic E-state index is 5.58. The highest BCUT2D eigenvalue weighted by Gasteiger charge is 2.25. The molecule has 0 amide bonds. The smallest absolute Gasteiger partial charge is 0.225 e. The summed E-state index contributed by atoms with van der Waals surface area (Å²) in [7, 11) is 1.86. The van der Waals surface area contributed by atoms with Crippen LogP contribution >= 0.6 is 11.3 Å². The fraction of sp³-hybridized carbons (Fsp3) is 0.538. The maximum absolute atomic E-state index is 5.58. The van der Waals surface area contributed by atoms with Crippen LogP contribution in [0.5, 0.6) is 0 Å². The Bertz CT molecular complexity index is 571. The highest BCUT2D eigenvalue weighted by molar-refractivity contribution is 7.16. The van der Waals surface area contributed by atoms with E-state index >= 15 is 0 Å². The Balaban J connectivity index is 2.08. The molecule has 0 aromatic carbocycles. The van der Waals surface area contributed by atoms with Crippen LogP contribution in [-0.2, 0) is 4.74 Å². The molecule has 3 heterocycles. The van der Waals surface area contributed by atoms with E-state index < -0.39 is 0 Å². The summed E-state index contributed by atoms with van der Waals surface area (Å²) >= 11 is 1.65. The van der Waals surface area contributed by atoms with Gasteiger partial charge in [0.2, 0.25) is 5.95 Å². The van der Waals surface area contributed by atoms with Crippen LogP contribution in [0.15, 0.2) is 11.4 Å². The molecule has 1 aliphatic heterocycles. The van der Waals surface area contributed by atoms with Crippen LogP contribution < -0.4 is 10.2 Å². The quantitative estimate of drug-likeness (QED) is 0.934. The molecule has 3 rings (SSSR count). The lowest BCUT2D eigenvalue weighted by atomic mass is 10.1. The second kappa shape index (κ2) is 5.30. The first-order valence-corrected chi connectivity index (χ1v) is 7.48. The Hall–Kier alpha value is -1.40. The molecule has 2 aromatic heterocycles. The van der Waals surface area contributed by atoms with Gasteiger partial charge < -0.3 is 15.0 Å². The lowest BCUT2D eigenvalue weighted by molar-refractivity contribution is 0.0927. The number of nitrogens with one attached hydrogen (secondary N) is 1. The molecule has 2 aromatic rings. The van der Waals surface area contributed by atoms with Crippen molar-refractivity contribution in [2.45, 2.75) is 19.4 Å². The second-order valence-electron chi connectivity index (χ2n) is 4.59. The molecule has 1 atom stereocenters. The van der Waals surface area contributed by atoms with E-state index in [1.807, 2.05) is 7.05 Å². The summed E-state index contributed by atoms with van der Waals surface area (Å²) in [6.07, 6.45) is 1.06. The van der Waals surface area contributed by atoms with Gasteiger partial charge in [0, 0.05) is 13.6 Å². The molecule has 0 bridgehead atoms. The predicted octanol–water partition coefficient (Wildman–Crippen LogP) is 2.35. The molecule has 6 heteroatoms. The number of ether oxygens (including phenoxy) is 1. The number of fused-ring (bicyclic) bond motifs is 1. The third kappa shape index (κ3) is 2.26. The SMILES string of the molecule is CCC1COCCN1c1nc(NC)nc2sccc12. The van der Waals surface area contributed by atoms with Gasteiger partial charge in [0.1, 0.15) is 10.6 Å². The van der Waals surface area contributed by atoms with Crippen LogP contribution in [0.2, 0.25) is 0 Å². The van der Waals surface area contributed by atoms with Crippen molar-refractivity contribution < 1.29 is 4.74 Å². The predicted molar refractivity (Wildman–Crippen MR) is 79.2 cm³/mol. The summed E-state index contributed by atoms with van der Waals surface area (Å²) in [5, 5.41) is 6.26. The summed E-state index contributed by atoms with van der Waals surface area (Å²) in [5.41, 5.74) is 0. The lowest BCUT2D eigenvalue weighted by Gasteiger charge is -2.36. The Morgan fingerprint density at radius 3 is 3.21 bits per heavy atom. The van der Waals surface area contributed by atoms with E-state index in [0.29, 0.717) is 12.0 Å². The van der Waals surface area contributed by atoms with E-state index in [1.54, 1.807) is 11.3 Å². The average molecular weight is 278 g/mol. The molecule has 1 aliphatic rings. The molecular weight excluding hydrogens is 260 g/mol. The number of hydrogen-bond acceptors (Lipinski definition) is 6. The van der Waals surface area contributed by atoms with Crippen molar-refractivity contribution in [1.82, 2.24) is 9.97 Å². The van der Waals surface area contributed by atoms with Crippen LogP contribution in [0.3, 0.4) is 0 Å². The number of rotatable bonds is 3. The first kappa shape index (κ1) is 12.6. The van der Waals surface area contributed by atoms with E-state index in [2.05, 4.69) is 38.6 Å². The normalized spacial score (nSPS) is 19.9. The van der Waals surface area contributed by atoms with Crippen LogP contribution in [0.1, 0.15) is 13.3 Å². The number of nitrogens with zero attached hydrogens (tertiary/aromatic N) is 3. The minimum Gasteiger partial charge on any atom is -0.377 e. The molecule has 19 heavy (non-hydrogen) atoms. The second-order valence-corrected chi connectivity index (χ2v) is 5.49. The van der Waals surface area contributed by atoms with Gasteiger partial charge in [0.15, 0.2) is 0 Å². The van der Waals surface area contributed by atoms with Crippen molar-refractivity contribution in [3.8, 4) is 0 Å². The van der Waals surface area contributed by atoms with Crippen molar-refractivity contribution in [3.63, 3.8) is 0 Å². The molecule has 0 spiro atoms.